The molecule has 6 nitrogen and oxygen atoms in total. The summed E-state index contributed by atoms with van der Waals surface area (Å²) in [6.07, 6.45) is 2.99. The third-order valence-corrected chi connectivity index (χ3v) is 5.08. The van der Waals surface area contributed by atoms with Crippen molar-refractivity contribution in [1.82, 2.24) is 5.43 Å². The Labute approximate surface area is 202 Å². The van der Waals surface area contributed by atoms with Gasteiger partial charge in [0, 0.05) is 14.5 Å². The number of benzene rings is 3. The van der Waals surface area contributed by atoms with E-state index in [1.54, 1.807) is 66.7 Å². The molecule has 0 aromatic heterocycles. The highest BCUT2D eigenvalue weighted by molar-refractivity contribution is 9.10. The average Bonchev–Trinajstić information content (AvgIpc) is 2.80. The number of hydrogen-bond acceptors (Lipinski definition) is 5. The van der Waals surface area contributed by atoms with Gasteiger partial charge in [0.15, 0.2) is 0 Å². The first-order valence-corrected chi connectivity index (χ1v) is 11.0. The molecule has 1 amide bonds. The van der Waals surface area contributed by atoms with Gasteiger partial charge in [-0.3, -0.25) is 4.79 Å². The van der Waals surface area contributed by atoms with E-state index in [9.17, 15) is 9.59 Å². The fraction of sp³-hybridized carbons (Fsp3) is 0.0417. The quantitative estimate of drug-likeness (QED) is 0.126. The lowest BCUT2D eigenvalue weighted by atomic mass is 10.2. The van der Waals surface area contributed by atoms with Crippen molar-refractivity contribution in [2.45, 2.75) is 0 Å². The Kier molecular flexibility index (Phi) is 8.35. The third kappa shape index (κ3) is 6.38. The maximum absolute atomic E-state index is 12.6. The van der Waals surface area contributed by atoms with Crippen LogP contribution in [-0.4, -0.2) is 24.7 Å². The number of carbonyl (C=O) groups excluding carboxylic acids is 2. The molecule has 0 radical (unpaired) electrons. The Morgan fingerprint density at radius 3 is 2.38 bits per heavy atom. The predicted molar refractivity (Wildman–Crippen MR) is 130 cm³/mol. The standard InChI is InChI=1S/C24H18Br2N2O4/c1-2-12-31-22-11-9-19(26)14-20(22)23(29)28-27-15-17-13-18(25)8-10-21(17)32-24(30)16-6-4-3-5-7-16/h2-11,13-15H,1,12H2,(H,28,29). The lowest BCUT2D eigenvalue weighted by Gasteiger charge is -2.10. The number of halogens is 2. The summed E-state index contributed by atoms with van der Waals surface area (Å²) in [6.45, 7) is 3.87. The van der Waals surface area contributed by atoms with Crippen molar-refractivity contribution in [3.8, 4) is 11.5 Å². The number of amides is 1. The molecule has 0 bridgehead atoms. The number of nitrogens with zero attached hydrogens (tertiary/aromatic N) is 1. The number of hydrazone groups is 1. The molecule has 0 aliphatic heterocycles. The van der Waals surface area contributed by atoms with Crippen molar-refractivity contribution in [2.75, 3.05) is 6.61 Å². The summed E-state index contributed by atoms with van der Waals surface area (Å²) in [5.41, 5.74) is 3.71. The Balaban J connectivity index is 1.76. The zero-order valence-corrected chi connectivity index (χ0v) is 19.9. The van der Waals surface area contributed by atoms with Crippen LogP contribution in [-0.2, 0) is 0 Å². The molecule has 0 saturated carbocycles. The molecule has 0 aliphatic rings. The molecular weight excluding hydrogens is 540 g/mol. The fourth-order valence-corrected chi connectivity index (χ4v) is 3.36. The van der Waals surface area contributed by atoms with Crippen LogP contribution in [0.25, 0.3) is 0 Å². The van der Waals surface area contributed by atoms with Gasteiger partial charge in [-0.1, -0.05) is 62.7 Å². The van der Waals surface area contributed by atoms with E-state index in [-0.39, 0.29) is 6.61 Å². The van der Waals surface area contributed by atoms with E-state index in [0.717, 1.165) is 8.95 Å². The van der Waals surface area contributed by atoms with Crippen LogP contribution in [0.2, 0.25) is 0 Å². The Morgan fingerprint density at radius 2 is 1.66 bits per heavy atom. The van der Waals surface area contributed by atoms with Gasteiger partial charge in [0.2, 0.25) is 0 Å². The van der Waals surface area contributed by atoms with Crippen molar-refractivity contribution in [2.24, 2.45) is 5.10 Å². The van der Waals surface area contributed by atoms with Crippen LogP contribution in [0, 0.1) is 0 Å². The highest BCUT2D eigenvalue weighted by Gasteiger charge is 2.14. The lowest BCUT2D eigenvalue weighted by Crippen LogP contribution is -2.19. The van der Waals surface area contributed by atoms with E-state index < -0.39 is 11.9 Å². The highest BCUT2D eigenvalue weighted by atomic mass is 79.9. The van der Waals surface area contributed by atoms with Crippen molar-refractivity contribution >= 4 is 50.0 Å². The molecule has 32 heavy (non-hydrogen) atoms. The van der Waals surface area contributed by atoms with E-state index in [4.69, 9.17) is 9.47 Å². The van der Waals surface area contributed by atoms with Gasteiger partial charge in [0.25, 0.3) is 5.91 Å². The van der Waals surface area contributed by atoms with E-state index in [1.165, 1.54) is 6.21 Å². The summed E-state index contributed by atoms with van der Waals surface area (Å²) in [6, 6.07) is 18.9. The summed E-state index contributed by atoms with van der Waals surface area (Å²) >= 11 is 6.74. The molecule has 8 heteroatoms. The van der Waals surface area contributed by atoms with Gasteiger partial charge in [0.05, 0.1) is 17.3 Å². The number of rotatable bonds is 8. The third-order valence-electron chi connectivity index (χ3n) is 4.10. The number of carbonyl (C=O) groups is 2. The molecule has 0 fully saturated rings. The van der Waals surface area contributed by atoms with Gasteiger partial charge in [0.1, 0.15) is 18.1 Å². The van der Waals surface area contributed by atoms with Crippen LogP contribution in [0.15, 0.2) is 93.4 Å². The van der Waals surface area contributed by atoms with Crippen LogP contribution in [0.1, 0.15) is 26.3 Å². The second-order valence-electron chi connectivity index (χ2n) is 6.38. The first-order valence-electron chi connectivity index (χ1n) is 9.41. The van der Waals surface area contributed by atoms with Gasteiger partial charge in [-0.15, -0.1) is 0 Å². The van der Waals surface area contributed by atoms with E-state index >= 15 is 0 Å². The Hall–Kier alpha value is -3.23. The minimum absolute atomic E-state index is 0.263. The van der Waals surface area contributed by atoms with Crippen molar-refractivity contribution in [3.05, 3.63) is 105 Å². The molecule has 1 N–H and O–H groups in total. The molecule has 3 aromatic carbocycles. The van der Waals surface area contributed by atoms with Crippen LogP contribution in [0.3, 0.4) is 0 Å². The molecule has 0 aliphatic carbocycles. The lowest BCUT2D eigenvalue weighted by molar-refractivity contribution is 0.0734. The monoisotopic (exact) mass is 556 g/mol. The maximum Gasteiger partial charge on any atom is 0.343 e. The summed E-state index contributed by atoms with van der Waals surface area (Å²) in [5, 5.41) is 4.02. The fourth-order valence-electron chi connectivity index (χ4n) is 2.62. The molecule has 0 unspecified atom stereocenters. The van der Waals surface area contributed by atoms with Crippen molar-refractivity contribution < 1.29 is 19.1 Å². The number of ether oxygens (including phenoxy) is 2. The molecular formula is C24H18Br2N2O4. The zero-order chi connectivity index (χ0) is 22.9. The highest BCUT2D eigenvalue weighted by Crippen LogP contribution is 2.24. The normalized spacial score (nSPS) is 10.6. The Bertz CT molecular complexity index is 1160. The number of hydrogen-bond donors (Lipinski definition) is 1. The second-order valence-corrected chi connectivity index (χ2v) is 8.21. The summed E-state index contributed by atoms with van der Waals surface area (Å²) in [7, 11) is 0. The van der Waals surface area contributed by atoms with E-state index in [0.29, 0.717) is 28.2 Å². The molecule has 0 atom stereocenters. The van der Waals surface area contributed by atoms with Gasteiger partial charge in [-0.05, 0) is 48.5 Å². The summed E-state index contributed by atoms with van der Waals surface area (Å²) in [5.74, 6) is -0.248. The van der Waals surface area contributed by atoms with Crippen LogP contribution in [0.4, 0.5) is 0 Å². The smallest absolute Gasteiger partial charge is 0.343 e. The van der Waals surface area contributed by atoms with Gasteiger partial charge >= 0.3 is 5.97 Å². The van der Waals surface area contributed by atoms with E-state index in [1.807, 2.05) is 6.07 Å². The van der Waals surface area contributed by atoms with Gasteiger partial charge in [-0.25, -0.2) is 10.2 Å². The Morgan fingerprint density at radius 1 is 0.969 bits per heavy atom. The summed E-state index contributed by atoms with van der Waals surface area (Å²) in [4.78, 5) is 25.0. The van der Waals surface area contributed by atoms with Crippen LogP contribution in [0.5, 0.6) is 11.5 Å². The zero-order valence-electron chi connectivity index (χ0n) is 16.8. The molecule has 3 rings (SSSR count). The number of esters is 1. The summed E-state index contributed by atoms with van der Waals surface area (Å²) < 4.78 is 12.5. The van der Waals surface area contributed by atoms with Gasteiger partial charge < -0.3 is 9.47 Å². The molecule has 0 saturated heterocycles. The van der Waals surface area contributed by atoms with Gasteiger partial charge in [-0.2, -0.15) is 5.10 Å². The topological polar surface area (TPSA) is 77.0 Å². The van der Waals surface area contributed by atoms with Crippen LogP contribution < -0.4 is 14.9 Å². The molecule has 0 spiro atoms. The predicted octanol–water partition coefficient (Wildman–Crippen LogP) is 5.76. The van der Waals surface area contributed by atoms with E-state index in [2.05, 4.69) is 49.0 Å². The number of nitrogens with one attached hydrogen (secondary N) is 1. The van der Waals surface area contributed by atoms with Crippen molar-refractivity contribution in [1.29, 1.82) is 0 Å². The average molecular weight is 558 g/mol. The second kappa shape index (κ2) is 11.4. The molecule has 162 valence electrons. The maximum atomic E-state index is 12.6. The van der Waals surface area contributed by atoms with Crippen molar-refractivity contribution in [3.63, 3.8) is 0 Å². The SMILES string of the molecule is C=CCOc1ccc(Br)cc1C(=O)NN=Cc1cc(Br)ccc1OC(=O)c1ccccc1. The molecule has 3 aromatic rings. The first-order chi connectivity index (χ1) is 15.5. The van der Waals surface area contributed by atoms with Crippen LogP contribution >= 0.6 is 31.9 Å². The largest absolute Gasteiger partial charge is 0.489 e. The minimum atomic E-state index is -0.496. The minimum Gasteiger partial charge on any atom is -0.489 e. The molecule has 0 heterocycles. The first kappa shape index (κ1) is 23.4.